The minimum atomic E-state index is -0.667. The molecule has 0 fully saturated rings. The van der Waals surface area contributed by atoms with E-state index >= 15 is 0 Å². The second kappa shape index (κ2) is 7.55. The van der Waals surface area contributed by atoms with Gasteiger partial charge >= 0.3 is 0 Å². The van der Waals surface area contributed by atoms with E-state index in [1.807, 2.05) is 72.8 Å². The van der Waals surface area contributed by atoms with Crippen LogP contribution in [0.4, 0.5) is 5.13 Å². The van der Waals surface area contributed by atoms with Crippen LogP contribution in [-0.2, 0) is 4.79 Å². The lowest BCUT2D eigenvalue weighted by molar-refractivity contribution is -0.122. The normalized spacial score (nSPS) is 11.9. The molecule has 0 aliphatic carbocycles. The molecule has 1 atom stereocenters. The molecule has 0 saturated heterocycles. The number of carbonyl (C=O) groups excluding carboxylic acids is 1. The first-order chi connectivity index (χ1) is 13.2. The maximum absolute atomic E-state index is 12.5. The molecule has 1 amide bonds. The summed E-state index contributed by atoms with van der Waals surface area (Å²) in [5.41, 5.74) is 0.968. The van der Waals surface area contributed by atoms with Gasteiger partial charge in [0.05, 0.1) is 0 Å². The van der Waals surface area contributed by atoms with Crippen molar-refractivity contribution < 1.29 is 9.53 Å². The Bertz CT molecular complexity index is 1070. The van der Waals surface area contributed by atoms with E-state index in [1.54, 1.807) is 6.92 Å². The van der Waals surface area contributed by atoms with E-state index in [0.29, 0.717) is 10.9 Å². The minimum Gasteiger partial charge on any atom is -0.480 e. The van der Waals surface area contributed by atoms with E-state index in [4.69, 9.17) is 4.74 Å². The van der Waals surface area contributed by atoms with Crippen LogP contribution in [0.5, 0.6) is 5.75 Å². The summed E-state index contributed by atoms with van der Waals surface area (Å²) >= 11 is 1.33. The van der Waals surface area contributed by atoms with Crippen LogP contribution in [0.2, 0.25) is 0 Å². The van der Waals surface area contributed by atoms with Crippen LogP contribution in [0, 0.1) is 0 Å². The zero-order chi connectivity index (χ0) is 18.6. The molecule has 0 spiro atoms. The number of amides is 1. The topological polar surface area (TPSA) is 64.1 Å². The molecule has 6 heteroatoms. The molecule has 0 aliphatic rings. The van der Waals surface area contributed by atoms with Crippen molar-refractivity contribution in [1.82, 2.24) is 10.2 Å². The monoisotopic (exact) mass is 375 g/mol. The average Bonchev–Trinajstić information content (AvgIpc) is 3.17. The summed E-state index contributed by atoms with van der Waals surface area (Å²) in [5.74, 6) is 0.414. The number of fused-ring (bicyclic) bond motifs is 1. The molecule has 0 saturated carbocycles. The number of benzene rings is 3. The van der Waals surface area contributed by atoms with Gasteiger partial charge in [-0.15, -0.1) is 10.2 Å². The van der Waals surface area contributed by atoms with Crippen molar-refractivity contribution in [2.24, 2.45) is 0 Å². The highest BCUT2D eigenvalue weighted by Gasteiger charge is 2.18. The Labute approximate surface area is 160 Å². The second-order valence-electron chi connectivity index (χ2n) is 6.01. The Morgan fingerprint density at radius 2 is 1.70 bits per heavy atom. The number of anilines is 1. The fourth-order valence-electron chi connectivity index (χ4n) is 2.72. The largest absolute Gasteiger partial charge is 0.480 e. The molecule has 0 aliphatic heterocycles. The van der Waals surface area contributed by atoms with Crippen molar-refractivity contribution in [3.8, 4) is 16.3 Å². The van der Waals surface area contributed by atoms with Crippen molar-refractivity contribution in [2.75, 3.05) is 5.32 Å². The van der Waals surface area contributed by atoms with Crippen LogP contribution in [0.3, 0.4) is 0 Å². The van der Waals surface area contributed by atoms with Gasteiger partial charge in [-0.3, -0.25) is 10.1 Å². The number of nitrogens with one attached hydrogen (secondary N) is 1. The summed E-state index contributed by atoms with van der Waals surface area (Å²) in [5, 5.41) is 14.2. The Morgan fingerprint density at radius 3 is 2.56 bits per heavy atom. The third kappa shape index (κ3) is 3.80. The standard InChI is InChI=1S/C21H17N3O2S/c1-14(26-18-13-7-11-15-8-5-6-12-17(15)18)19(25)22-21-24-23-20(27-21)16-9-3-2-4-10-16/h2-14H,1H3,(H,22,24,25). The number of hydrogen-bond donors (Lipinski definition) is 1. The van der Waals surface area contributed by atoms with E-state index in [1.165, 1.54) is 11.3 Å². The van der Waals surface area contributed by atoms with Gasteiger partial charge in [0.1, 0.15) is 10.8 Å². The molecule has 27 heavy (non-hydrogen) atoms. The predicted molar refractivity (Wildman–Crippen MR) is 108 cm³/mol. The average molecular weight is 375 g/mol. The van der Waals surface area contributed by atoms with Gasteiger partial charge in [0.15, 0.2) is 6.10 Å². The highest BCUT2D eigenvalue weighted by molar-refractivity contribution is 7.18. The van der Waals surface area contributed by atoms with Gasteiger partial charge in [0, 0.05) is 10.9 Å². The fourth-order valence-corrected chi connectivity index (χ4v) is 3.47. The lowest BCUT2D eigenvalue weighted by Crippen LogP contribution is -2.30. The molecule has 5 nitrogen and oxygen atoms in total. The molecule has 0 bridgehead atoms. The first-order valence-corrected chi connectivity index (χ1v) is 9.36. The molecule has 4 aromatic rings. The second-order valence-corrected chi connectivity index (χ2v) is 6.98. The zero-order valence-electron chi connectivity index (χ0n) is 14.6. The number of hydrogen-bond acceptors (Lipinski definition) is 5. The van der Waals surface area contributed by atoms with Crippen molar-refractivity contribution in [3.05, 3.63) is 72.8 Å². The van der Waals surface area contributed by atoms with Crippen LogP contribution in [0.1, 0.15) is 6.92 Å². The van der Waals surface area contributed by atoms with Gasteiger partial charge in [0.25, 0.3) is 5.91 Å². The molecule has 0 radical (unpaired) electrons. The van der Waals surface area contributed by atoms with Crippen LogP contribution >= 0.6 is 11.3 Å². The van der Waals surface area contributed by atoms with Crippen LogP contribution < -0.4 is 10.1 Å². The van der Waals surface area contributed by atoms with E-state index in [2.05, 4.69) is 15.5 Å². The van der Waals surface area contributed by atoms with E-state index < -0.39 is 6.10 Å². The van der Waals surface area contributed by atoms with Crippen molar-refractivity contribution in [1.29, 1.82) is 0 Å². The predicted octanol–water partition coefficient (Wildman–Crippen LogP) is 4.76. The van der Waals surface area contributed by atoms with Crippen LogP contribution in [0.25, 0.3) is 21.3 Å². The van der Waals surface area contributed by atoms with Crippen LogP contribution in [0.15, 0.2) is 72.8 Å². The first kappa shape index (κ1) is 17.2. The lowest BCUT2D eigenvalue weighted by atomic mass is 10.1. The summed E-state index contributed by atoms with van der Waals surface area (Å²) in [6.07, 6.45) is -0.667. The summed E-state index contributed by atoms with van der Waals surface area (Å²) in [6, 6.07) is 23.4. The van der Waals surface area contributed by atoms with E-state index in [9.17, 15) is 4.79 Å². The molecule has 4 rings (SSSR count). The van der Waals surface area contributed by atoms with Crippen molar-refractivity contribution >= 4 is 33.1 Å². The molecule has 1 aromatic heterocycles. The minimum absolute atomic E-state index is 0.265. The zero-order valence-corrected chi connectivity index (χ0v) is 15.4. The van der Waals surface area contributed by atoms with Crippen molar-refractivity contribution in [3.63, 3.8) is 0 Å². The highest BCUT2D eigenvalue weighted by Crippen LogP contribution is 2.28. The number of nitrogens with zero attached hydrogens (tertiary/aromatic N) is 2. The number of aromatic nitrogens is 2. The summed E-state index contributed by atoms with van der Waals surface area (Å²) in [6.45, 7) is 1.72. The smallest absolute Gasteiger partial charge is 0.266 e. The third-order valence-electron chi connectivity index (χ3n) is 4.10. The van der Waals surface area contributed by atoms with Gasteiger partial charge in [-0.25, -0.2) is 0 Å². The van der Waals surface area contributed by atoms with Crippen LogP contribution in [-0.4, -0.2) is 22.2 Å². The quantitative estimate of drug-likeness (QED) is 0.546. The Morgan fingerprint density at radius 1 is 0.963 bits per heavy atom. The number of carbonyl (C=O) groups is 1. The first-order valence-electron chi connectivity index (χ1n) is 8.55. The maximum atomic E-state index is 12.5. The van der Waals surface area contributed by atoms with Crippen molar-refractivity contribution in [2.45, 2.75) is 13.0 Å². The molecule has 1 heterocycles. The van der Waals surface area contributed by atoms with Gasteiger partial charge in [-0.05, 0) is 18.4 Å². The summed E-state index contributed by atoms with van der Waals surface area (Å²) in [4.78, 5) is 12.5. The highest BCUT2D eigenvalue weighted by atomic mass is 32.1. The van der Waals surface area contributed by atoms with Gasteiger partial charge in [0.2, 0.25) is 5.13 Å². The number of ether oxygens (including phenoxy) is 1. The molecule has 1 N–H and O–H groups in total. The van der Waals surface area contributed by atoms with E-state index in [-0.39, 0.29) is 5.91 Å². The Kier molecular flexibility index (Phi) is 4.80. The fraction of sp³-hybridized carbons (Fsp3) is 0.0952. The molecule has 134 valence electrons. The maximum Gasteiger partial charge on any atom is 0.266 e. The summed E-state index contributed by atoms with van der Waals surface area (Å²) in [7, 11) is 0. The van der Waals surface area contributed by atoms with E-state index in [0.717, 1.165) is 21.3 Å². The summed E-state index contributed by atoms with van der Waals surface area (Å²) < 4.78 is 5.90. The molecular weight excluding hydrogens is 358 g/mol. The molecule has 1 unspecified atom stereocenters. The SMILES string of the molecule is CC(Oc1cccc2ccccc12)C(=O)Nc1nnc(-c2ccccc2)s1. The third-order valence-corrected chi connectivity index (χ3v) is 4.99. The molecular formula is C21H17N3O2S. The Balaban J connectivity index is 1.46. The van der Waals surface area contributed by atoms with Gasteiger partial charge < -0.3 is 4.74 Å². The number of rotatable bonds is 5. The Hall–Kier alpha value is -3.25. The van der Waals surface area contributed by atoms with Gasteiger partial charge in [-0.1, -0.05) is 78.1 Å². The van der Waals surface area contributed by atoms with Gasteiger partial charge in [-0.2, -0.15) is 0 Å². The molecule has 3 aromatic carbocycles. The lowest BCUT2D eigenvalue weighted by Gasteiger charge is -2.15.